The fraction of sp³-hybridized carbons (Fsp3) is 0.292. The predicted octanol–water partition coefficient (Wildman–Crippen LogP) is 5.73. The average molecular weight is 467 g/mol. The number of methoxy groups -OCH3 is 1. The number of ether oxygens (including phenoxy) is 1. The average Bonchev–Trinajstić information content (AvgIpc) is 3.38. The molecule has 0 aliphatic rings. The van der Waals surface area contributed by atoms with Crippen molar-refractivity contribution in [3.63, 3.8) is 0 Å². The summed E-state index contributed by atoms with van der Waals surface area (Å²) >= 11 is 3.14. The quantitative estimate of drug-likeness (QED) is 0.310. The number of imidazole rings is 1. The van der Waals surface area contributed by atoms with Crippen LogP contribution >= 0.6 is 23.1 Å². The van der Waals surface area contributed by atoms with Gasteiger partial charge in [-0.05, 0) is 43.2 Å². The maximum absolute atomic E-state index is 12.5. The molecule has 2 aromatic carbocycles. The first-order valence-corrected chi connectivity index (χ1v) is 12.2. The summed E-state index contributed by atoms with van der Waals surface area (Å²) in [5.41, 5.74) is 6.12. The van der Waals surface area contributed by atoms with E-state index in [1.54, 1.807) is 30.7 Å². The van der Waals surface area contributed by atoms with Crippen molar-refractivity contribution in [1.29, 1.82) is 0 Å². The number of thiazole rings is 1. The van der Waals surface area contributed by atoms with Gasteiger partial charge in [0.15, 0.2) is 10.3 Å². The third-order valence-corrected chi connectivity index (χ3v) is 7.24. The normalized spacial score (nSPS) is 11.2. The Balaban J connectivity index is 1.57. The van der Waals surface area contributed by atoms with Crippen LogP contribution < -0.4 is 4.90 Å². The zero-order valence-corrected chi connectivity index (χ0v) is 20.3. The van der Waals surface area contributed by atoms with Gasteiger partial charge in [-0.2, -0.15) is 0 Å². The van der Waals surface area contributed by atoms with Crippen LogP contribution in [0.5, 0.6) is 0 Å². The molecule has 0 fully saturated rings. The molecule has 0 unspecified atom stereocenters. The molecule has 32 heavy (non-hydrogen) atoms. The van der Waals surface area contributed by atoms with Crippen LogP contribution in [0.4, 0.5) is 10.8 Å². The monoisotopic (exact) mass is 466 g/mol. The maximum atomic E-state index is 12.5. The second kappa shape index (κ2) is 9.85. The Hall–Kier alpha value is -2.68. The SMILES string of the molecule is COCCn1c(SCc2csc(N(C(C)=O)c3cccc(C)c3C)n2)nc2ccccc21. The molecular formula is C24H26N4O2S2. The standard InChI is InChI=1S/C24H26N4O2S2/c1-16-8-7-11-21(17(16)2)28(18(3)29)24-25-19(15-32-24)14-31-23-26-20-9-5-6-10-22(20)27(23)12-13-30-4/h5-11,15H,12-14H2,1-4H3. The molecule has 2 aromatic heterocycles. The van der Waals surface area contributed by atoms with E-state index < -0.39 is 0 Å². The van der Waals surface area contributed by atoms with Crippen molar-refractivity contribution in [1.82, 2.24) is 14.5 Å². The zero-order chi connectivity index (χ0) is 22.7. The topological polar surface area (TPSA) is 60.2 Å². The number of hydrogen-bond donors (Lipinski definition) is 0. The summed E-state index contributed by atoms with van der Waals surface area (Å²) in [6, 6.07) is 14.1. The lowest BCUT2D eigenvalue weighted by Gasteiger charge is -2.21. The van der Waals surface area contributed by atoms with Gasteiger partial charge in [-0.25, -0.2) is 9.97 Å². The van der Waals surface area contributed by atoms with Crippen LogP contribution in [0, 0.1) is 13.8 Å². The number of carbonyl (C=O) groups is 1. The van der Waals surface area contributed by atoms with Gasteiger partial charge in [0.25, 0.3) is 0 Å². The molecule has 0 radical (unpaired) electrons. The van der Waals surface area contributed by atoms with Gasteiger partial charge in [0.2, 0.25) is 5.91 Å². The van der Waals surface area contributed by atoms with E-state index in [4.69, 9.17) is 14.7 Å². The van der Waals surface area contributed by atoms with Crippen molar-refractivity contribution in [2.24, 2.45) is 0 Å². The highest BCUT2D eigenvalue weighted by Gasteiger charge is 2.20. The number of benzene rings is 2. The number of aromatic nitrogens is 3. The van der Waals surface area contributed by atoms with Crippen LogP contribution in [0.15, 0.2) is 53.0 Å². The number of amides is 1. The zero-order valence-electron chi connectivity index (χ0n) is 18.7. The summed E-state index contributed by atoms with van der Waals surface area (Å²) in [5, 5.41) is 3.65. The van der Waals surface area contributed by atoms with Crippen molar-refractivity contribution < 1.29 is 9.53 Å². The first-order chi connectivity index (χ1) is 15.5. The third-order valence-electron chi connectivity index (χ3n) is 5.35. The molecule has 1 amide bonds. The molecule has 2 heterocycles. The van der Waals surface area contributed by atoms with E-state index in [0.29, 0.717) is 17.5 Å². The molecule has 4 rings (SSSR count). The number of nitrogens with zero attached hydrogens (tertiary/aromatic N) is 4. The largest absolute Gasteiger partial charge is 0.383 e. The highest BCUT2D eigenvalue weighted by Crippen LogP contribution is 2.34. The summed E-state index contributed by atoms with van der Waals surface area (Å²) in [6.07, 6.45) is 0. The van der Waals surface area contributed by atoms with Gasteiger partial charge < -0.3 is 9.30 Å². The molecule has 0 aliphatic carbocycles. The van der Waals surface area contributed by atoms with Gasteiger partial charge in [0.05, 0.1) is 29.0 Å². The summed E-state index contributed by atoms with van der Waals surface area (Å²) < 4.78 is 7.48. The molecule has 6 nitrogen and oxygen atoms in total. The van der Waals surface area contributed by atoms with E-state index >= 15 is 0 Å². The Morgan fingerprint density at radius 2 is 1.97 bits per heavy atom. The molecule has 0 bridgehead atoms. The minimum Gasteiger partial charge on any atom is -0.383 e. The van der Waals surface area contributed by atoms with Crippen LogP contribution in [0.1, 0.15) is 23.7 Å². The number of carbonyl (C=O) groups excluding carboxylic acids is 1. The Bertz CT molecular complexity index is 1250. The van der Waals surface area contributed by atoms with E-state index in [1.807, 2.05) is 42.6 Å². The van der Waals surface area contributed by atoms with Crippen molar-refractivity contribution in [3.8, 4) is 0 Å². The van der Waals surface area contributed by atoms with Crippen molar-refractivity contribution in [2.75, 3.05) is 18.6 Å². The summed E-state index contributed by atoms with van der Waals surface area (Å²) in [5.74, 6) is 0.624. The third kappa shape index (κ3) is 4.57. The molecule has 8 heteroatoms. The molecule has 0 saturated heterocycles. The first kappa shape index (κ1) is 22.5. The van der Waals surface area contributed by atoms with Crippen LogP contribution in [0.3, 0.4) is 0 Å². The van der Waals surface area contributed by atoms with E-state index in [-0.39, 0.29) is 5.91 Å². The fourth-order valence-corrected chi connectivity index (χ4v) is 5.47. The summed E-state index contributed by atoms with van der Waals surface area (Å²) in [4.78, 5) is 23.8. The van der Waals surface area contributed by atoms with E-state index in [9.17, 15) is 4.79 Å². The van der Waals surface area contributed by atoms with Crippen LogP contribution in [0.2, 0.25) is 0 Å². The Morgan fingerprint density at radius 1 is 1.16 bits per heavy atom. The summed E-state index contributed by atoms with van der Waals surface area (Å²) in [6.45, 7) is 7.03. The lowest BCUT2D eigenvalue weighted by atomic mass is 10.1. The van der Waals surface area contributed by atoms with Crippen LogP contribution in [-0.2, 0) is 21.8 Å². The van der Waals surface area contributed by atoms with E-state index in [2.05, 4.69) is 23.6 Å². The molecular weight excluding hydrogens is 440 g/mol. The number of anilines is 2. The number of para-hydroxylation sites is 2. The van der Waals surface area contributed by atoms with Crippen molar-refractivity contribution >= 4 is 50.9 Å². The van der Waals surface area contributed by atoms with Gasteiger partial charge in [0, 0.05) is 31.7 Å². The summed E-state index contributed by atoms with van der Waals surface area (Å²) in [7, 11) is 1.71. The van der Waals surface area contributed by atoms with Crippen LogP contribution in [-0.4, -0.2) is 34.2 Å². The molecule has 0 spiro atoms. The van der Waals surface area contributed by atoms with Crippen LogP contribution in [0.25, 0.3) is 11.0 Å². The maximum Gasteiger partial charge on any atom is 0.230 e. The smallest absolute Gasteiger partial charge is 0.230 e. The number of hydrogen-bond acceptors (Lipinski definition) is 6. The fourth-order valence-electron chi connectivity index (χ4n) is 3.55. The Morgan fingerprint density at radius 3 is 2.75 bits per heavy atom. The molecule has 4 aromatic rings. The number of fused-ring (bicyclic) bond motifs is 1. The second-order valence-corrected chi connectivity index (χ2v) is 9.29. The number of aryl methyl sites for hydroxylation is 1. The molecule has 0 N–H and O–H groups in total. The highest BCUT2D eigenvalue weighted by molar-refractivity contribution is 7.98. The van der Waals surface area contributed by atoms with E-state index in [0.717, 1.165) is 45.2 Å². The van der Waals surface area contributed by atoms with Crippen molar-refractivity contribution in [3.05, 3.63) is 64.7 Å². The van der Waals surface area contributed by atoms with Crippen molar-refractivity contribution in [2.45, 2.75) is 38.2 Å². The van der Waals surface area contributed by atoms with Gasteiger partial charge in [-0.15, -0.1) is 11.3 Å². The molecule has 0 saturated carbocycles. The first-order valence-electron chi connectivity index (χ1n) is 10.4. The number of thioether (sulfide) groups is 1. The van der Waals surface area contributed by atoms with Gasteiger partial charge in [-0.1, -0.05) is 36.0 Å². The number of rotatable bonds is 8. The minimum atomic E-state index is -0.0476. The van der Waals surface area contributed by atoms with Gasteiger partial charge in [0.1, 0.15) is 0 Å². The lowest BCUT2D eigenvalue weighted by Crippen LogP contribution is -2.23. The Kier molecular flexibility index (Phi) is 6.93. The van der Waals surface area contributed by atoms with E-state index in [1.165, 1.54) is 11.3 Å². The highest BCUT2D eigenvalue weighted by atomic mass is 32.2. The lowest BCUT2D eigenvalue weighted by molar-refractivity contribution is -0.115. The molecule has 0 aliphatic heterocycles. The predicted molar refractivity (Wildman–Crippen MR) is 132 cm³/mol. The second-order valence-electron chi connectivity index (χ2n) is 7.51. The molecule has 0 atom stereocenters. The van der Waals surface area contributed by atoms with Gasteiger partial charge in [-0.3, -0.25) is 9.69 Å². The van der Waals surface area contributed by atoms with Gasteiger partial charge >= 0.3 is 0 Å². The Labute approximate surface area is 196 Å². The molecule has 166 valence electrons. The minimum absolute atomic E-state index is 0.0476.